The van der Waals surface area contributed by atoms with Gasteiger partial charge in [0.2, 0.25) is 5.95 Å². The first-order chi connectivity index (χ1) is 13.9. The van der Waals surface area contributed by atoms with Gasteiger partial charge >= 0.3 is 0 Å². The molecule has 0 radical (unpaired) electrons. The van der Waals surface area contributed by atoms with Gasteiger partial charge in [-0.1, -0.05) is 18.2 Å². The minimum absolute atomic E-state index is 0.0337. The van der Waals surface area contributed by atoms with Crippen LogP contribution in [0, 0.1) is 6.92 Å². The molecule has 152 valence electrons. The van der Waals surface area contributed by atoms with Gasteiger partial charge < -0.3 is 9.80 Å². The zero-order chi connectivity index (χ0) is 20.7. The molecule has 0 atom stereocenters. The second-order valence-electron chi connectivity index (χ2n) is 7.73. The van der Waals surface area contributed by atoms with Crippen molar-refractivity contribution in [1.82, 2.24) is 24.2 Å². The molecule has 0 saturated carbocycles. The van der Waals surface area contributed by atoms with Gasteiger partial charge in [-0.05, 0) is 32.9 Å². The summed E-state index contributed by atoms with van der Waals surface area (Å²) >= 11 is 0. The maximum absolute atomic E-state index is 13.2. The fourth-order valence-corrected chi connectivity index (χ4v) is 3.94. The van der Waals surface area contributed by atoms with Crippen molar-refractivity contribution < 1.29 is 4.79 Å². The van der Waals surface area contributed by atoms with Gasteiger partial charge in [-0.15, -0.1) is 0 Å². The summed E-state index contributed by atoms with van der Waals surface area (Å²) in [6, 6.07) is 9.30. The standard InChI is InChI=1S/C21H26N6O2/c1-14(2)27-20(29)18-17(15(3)23-24(18)4)22-21(27)26-12-10-25(11-13-26)19(28)16-8-6-5-7-9-16/h5-9,14H,10-13H2,1-4H3. The van der Waals surface area contributed by atoms with Crippen LogP contribution in [0.4, 0.5) is 5.95 Å². The van der Waals surface area contributed by atoms with Crippen LogP contribution in [0.2, 0.25) is 0 Å². The van der Waals surface area contributed by atoms with Crippen molar-refractivity contribution in [3.8, 4) is 0 Å². The Morgan fingerprint density at radius 1 is 1.07 bits per heavy atom. The second-order valence-corrected chi connectivity index (χ2v) is 7.73. The number of hydrogen-bond donors (Lipinski definition) is 0. The number of piperazine rings is 1. The number of benzene rings is 1. The van der Waals surface area contributed by atoms with Gasteiger partial charge in [-0.3, -0.25) is 18.8 Å². The fraction of sp³-hybridized carbons (Fsp3) is 0.429. The number of anilines is 1. The topological polar surface area (TPSA) is 76.3 Å². The molecule has 0 spiro atoms. The summed E-state index contributed by atoms with van der Waals surface area (Å²) in [7, 11) is 1.77. The van der Waals surface area contributed by atoms with E-state index in [0.717, 1.165) is 5.69 Å². The molecule has 3 heterocycles. The predicted octanol–water partition coefficient (Wildman–Crippen LogP) is 1.98. The summed E-state index contributed by atoms with van der Waals surface area (Å²) in [4.78, 5) is 34.7. The number of carbonyl (C=O) groups is 1. The molecule has 1 amide bonds. The van der Waals surface area contributed by atoms with Crippen molar-refractivity contribution in [3.05, 3.63) is 51.9 Å². The minimum atomic E-state index is -0.0779. The Hall–Kier alpha value is -3.16. The van der Waals surface area contributed by atoms with E-state index in [1.165, 1.54) is 0 Å². The average Bonchev–Trinajstić information content (AvgIpc) is 3.01. The molecule has 0 N–H and O–H groups in total. The summed E-state index contributed by atoms with van der Waals surface area (Å²) in [5.41, 5.74) is 2.54. The molecule has 0 bridgehead atoms. The van der Waals surface area contributed by atoms with Crippen LogP contribution in [-0.2, 0) is 7.05 Å². The number of aryl methyl sites for hydroxylation is 2. The molecule has 1 fully saturated rings. The van der Waals surface area contributed by atoms with E-state index < -0.39 is 0 Å². The van der Waals surface area contributed by atoms with E-state index in [1.54, 1.807) is 16.3 Å². The van der Waals surface area contributed by atoms with Gasteiger partial charge in [0.15, 0.2) is 5.52 Å². The first-order valence-corrected chi connectivity index (χ1v) is 9.93. The van der Waals surface area contributed by atoms with Gasteiger partial charge in [0, 0.05) is 44.8 Å². The molecule has 0 unspecified atom stereocenters. The van der Waals surface area contributed by atoms with Gasteiger partial charge in [0.25, 0.3) is 11.5 Å². The van der Waals surface area contributed by atoms with Gasteiger partial charge in [0.1, 0.15) is 5.52 Å². The maximum Gasteiger partial charge on any atom is 0.281 e. The molecular weight excluding hydrogens is 368 g/mol. The van der Waals surface area contributed by atoms with Crippen LogP contribution in [-0.4, -0.2) is 56.3 Å². The van der Waals surface area contributed by atoms with Crippen LogP contribution < -0.4 is 10.5 Å². The van der Waals surface area contributed by atoms with Crippen LogP contribution in [0.1, 0.15) is 35.9 Å². The molecule has 2 aromatic heterocycles. The molecule has 8 heteroatoms. The highest BCUT2D eigenvalue weighted by atomic mass is 16.2. The Labute approximate surface area is 169 Å². The van der Waals surface area contributed by atoms with Gasteiger partial charge in [-0.2, -0.15) is 5.10 Å². The van der Waals surface area contributed by atoms with Gasteiger partial charge in [0.05, 0.1) is 5.69 Å². The molecule has 1 aliphatic rings. The lowest BCUT2D eigenvalue weighted by Crippen LogP contribution is -2.50. The minimum Gasteiger partial charge on any atom is -0.339 e. The smallest absolute Gasteiger partial charge is 0.281 e. The van der Waals surface area contributed by atoms with Crippen molar-refractivity contribution in [1.29, 1.82) is 0 Å². The number of rotatable bonds is 3. The van der Waals surface area contributed by atoms with Crippen molar-refractivity contribution in [2.45, 2.75) is 26.8 Å². The van der Waals surface area contributed by atoms with Crippen LogP contribution in [0.15, 0.2) is 35.1 Å². The second kappa shape index (κ2) is 7.35. The number of aromatic nitrogens is 4. The van der Waals surface area contributed by atoms with Crippen molar-refractivity contribution >= 4 is 22.9 Å². The molecule has 1 aromatic carbocycles. The Bertz CT molecular complexity index is 1110. The third-order valence-electron chi connectivity index (χ3n) is 5.43. The number of amides is 1. The maximum atomic E-state index is 13.2. The lowest BCUT2D eigenvalue weighted by Gasteiger charge is -2.36. The van der Waals surface area contributed by atoms with E-state index in [4.69, 9.17) is 4.98 Å². The highest BCUT2D eigenvalue weighted by Gasteiger charge is 2.27. The average molecular weight is 394 g/mol. The highest BCUT2D eigenvalue weighted by molar-refractivity contribution is 5.94. The molecule has 0 aliphatic carbocycles. The summed E-state index contributed by atoms with van der Waals surface area (Å²) in [5.74, 6) is 0.693. The van der Waals surface area contributed by atoms with Crippen molar-refractivity contribution in [3.63, 3.8) is 0 Å². The number of carbonyl (C=O) groups excluding carboxylic acids is 1. The van der Waals surface area contributed by atoms with Crippen LogP contribution in [0.5, 0.6) is 0 Å². The van der Waals surface area contributed by atoms with E-state index in [2.05, 4.69) is 10.00 Å². The number of fused-ring (bicyclic) bond motifs is 1. The van der Waals surface area contributed by atoms with Crippen LogP contribution >= 0.6 is 0 Å². The zero-order valence-electron chi connectivity index (χ0n) is 17.3. The summed E-state index contributed by atoms with van der Waals surface area (Å²) < 4.78 is 3.34. The van der Waals surface area contributed by atoms with E-state index in [0.29, 0.717) is 48.7 Å². The van der Waals surface area contributed by atoms with Crippen molar-refractivity contribution in [2.75, 3.05) is 31.1 Å². The fourth-order valence-electron chi connectivity index (χ4n) is 3.94. The first kappa shape index (κ1) is 19.2. The van der Waals surface area contributed by atoms with E-state index >= 15 is 0 Å². The molecule has 1 aliphatic heterocycles. The molecule has 8 nitrogen and oxygen atoms in total. The molecule has 29 heavy (non-hydrogen) atoms. The highest BCUT2D eigenvalue weighted by Crippen LogP contribution is 2.22. The molecule has 4 rings (SSSR count). The van der Waals surface area contributed by atoms with Crippen LogP contribution in [0.25, 0.3) is 11.0 Å². The largest absolute Gasteiger partial charge is 0.339 e. The summed E-state index contributed by atoms with van der Waals surface area (Å²) in [6.45, 7) is 8.27. The molecule has 1 saturated heterocycles. The monoisotopic (exact) mass is 394 g/mol. The third-order valence-corrected chi connectivity index (χ3v) is 5.43. The first-order valence-electron chi connectivity index (χ1n) is 9.93. The Morgan fingerprint density at radius 3 is 2.34 bits per heavy atom. The summed E-state index contributed by atoms with van der Waals surface area (Å²) in [5, 5.41) is 4.38. The lowest BCUT2D eigenvalue weighted by molar-refractivity contribution is 0.0746. The molecule has 3 aromatic rings. The van der Waals surface area contributed by atoms with E-state index in [9.17, 15) is 9.59 Å². The third kappa shape index (κ3) is 3.28. The van der Waals surface area contributed by atoms with E-state index in [1.807, 2.05) is 56.0 Å². The number of nitrogens with zero attached hydrogens (tertiary/aromatic N) is 6. The van der Waals surface area contributed by atoms with Crippen LogP contribution in [0.3, 0.4) is 0 Å². The summed E-state index contributed by atoms with van der Waals surface area (Å²) in [6.07, 6.45) is 0. The Morgan fingerprint density at radius 2 is 1.72 bits per heavy atom. The van der Waals surface area contributed by atoms with E-state index in [-0.39, 0.29) is 17.5 Å². The quantitative estimate of drug-likeness (QED) is 0.679. The predicted molar refractivity (Wildman–Crippen MR) is 112 cm³/mol. The number of hydrogen-bond acceptors (Lipinski definition) is 5. The Balaban J connectivity index is 1.64. The van der Waals surface area contributed by atoms with Crippen molar-refractivity contribution in [2.24, 2.45) is 7.05 Å². The normalized spacial score (nSPS) is 14.8. The van der Waals surface area contributed by atoms with Gasteiger partial charge in [-0.25, -0.2) is 4.98 Å². The SMILES string of the molecule is Cc1nn(C)c2c(=O)n(C(C)C)c(N3CCN(C(=O)c4ccccc4)CC3)nc12. The molecular formula is C21H26N6O2. The lowest BCUT2D eigenvalue weighted by atomic mass is 10.2. The Kier molecular flexibility index (Phi) is 4.86. The zero-order valence-corrected chi connectivity index (χ0v) is 17.3.